The lowest BCUT2D eigenvalue weighted by Gasteiger charge is -2.27. The fourth-order valence-corrected chi connectivity index (χ4v) is 2.66. The van der Waals surface area contributed by atoms with Crippen LogP contribution in [0, 0.1) is 5.92 Å². The van der Waals surface area contributed by atoms with Crippen molar-refractivity contribution in [1.82, 2.24) is 10.6 Å². The third-order valence-electron chi connectivity index (χ3n) is 3.87. The second kappa shape index (κ2) is 7.29. The van der Waals surface area contributed by atoms with E-state index in [-0.39, 0.29) is 11.9 Å². The first-order chi connectivity index (χ1) is 9.70. The minimum absolute atomic E-state index is 0.0311. The van der Waals surface area contributed by atoms with E-state index in [1.807, 2.05) is 24.3 Å². The summed E-state index contributed by atoms with van der Waals surface area (Å²) in [6, 6.07) is 7.89. The molecule has 0 spiro atoms. The van der Waals surface area contributed by atoms with Gasteiger partial charge in [-0.2, -0.15) is 0 Å². The zero-order valence-electron chi connectivity index (χ0n) is 12.3. The van der Waals surface area contributed by atoms with Crippen molar-refractivity contribution in [1.29, 1.82) is 0 Å². The van der Waals surface area contributed by atoms with Crippen LogP contribution in [0.1, 0.15) is 25.3 Å². The van der Waals surface area contributed by atoms with Gasteiger partial charge < -0.3 is 15.4 Å². The fraction of sp³-hybridized carbons (Fsp3) is 0.562. The zero-order chi connectivity index (χ0) is 14.4. The third kappa shape index (κ3) is 3.97. The lowest BCUT2D eigenvalue weighted by molar-refractivity contribution is -0.124. The molecule has 1 saturated heterocycles. The van der Waals surface area contributed by atoms with Gasteiger partial charge in [-0.1, -0.05) is 25.1 Å². The maximum atomic E-state index is 12.1. The molecule has 1 aliphatic rings. The Balaban J connectivity index is 1.79. The Bertz CT molecular complexity index is 448. The summed E-state index contributed by atoms with van der Waals surface area (Å²) < 4.78 is 5.31. The van der Waals surface area contributed by atoms with Gasteiger partial charge in [-0.3, -0.25) is 4.79 Å². The molecule has 4 nitrogen and oxygen atoms in total. The molecular weight excluding hydrogens is 252 g/mol. The van der Waals surface area contributed by atoms with Crippen LogP contribution in [0.4, 0.5) is 0 Å². The largest absolute Gasteiger partial charge is 0.496 e. The van der Waals surface area contributed by atoms with Crippen LogP contribution in [0.3, 0.4) is 0 Å². The van der Waals surface area contributed by atoms with Crippen LogP contribution in [0.2, 0.25) is 0 Å². The zero-order valence-corrected chi connectivity index (χ0v) is 12.3. The summed E-state index contributed by atoms with van der Waals surface area (Å²) in [6.45, 7) is 3.79. The topological polar surface area (TPSA) is 50.4 Å². The van der Waals surface area contributed by atoms with Crippen molar-refractivity contribution in [3.8, 4) is 5.75 Å². The molecule has 1 heterocycles. The van der Waals surface area contributed by atoms with Gasteiger partial charge in [-0.05, 0) is 43.4 Å². The Morgan fingerprint density at radius 2 is 2.25 bits per heavy atom. The highest BCUT2D eigenvalue weighted by molar-refractivity contribution is 5.81. The molecule has 1 fully saturated rings. The van der Waals surface area contributed by atoms with Gasteiger partial charge in [0.15, 0.2) is 0 Å². The first-order valence-corrected chi connectivity index (χ1v) is 7.33. The van der Waals surface area contributed by atoms with E-state index in [1.165, 1.54) is 0 Å². The Morgan fingerprint density at radius 1 is 1.45 bits per heavy atom. The summed E-state index contributed by atoms with van der Waals surface area (Å²) >= 11 is 0. The number of carbonyl (C=O) groups is 1. The van der Waals surface area contributed by atoms with E-state index in [4.69, 9.17) is 4.74 Å². The smallest absolute Gasteiger partial charge is 0.237 e. The van der Waals surface area contributed by atoms with Crippen LogP contribution >= 0.6 is 0 Å². The Morgan fingerprint density at radius 3 is 3.00 bits per heavy atom. The number of ether oxygens (including phenoxy) is 1. The Kier molecular flexibility index (Phi) is 5.41. The first kappa shape index (κ1) is 14.9. The van der Waals surface area contributed by atoms with Crippen LogP contribution in [0.25, 0.3) is 0 Å². The molecule has 4 heteroatoms. The van der Waals surface area contributed by atoms with Crippen LogP contribution in [-0.4, -0.2) is 32.1 Å². The fourth-order valence-electron chi connectivity index (χ4n) is 2.66. The van der Waals surface area contributed by atoms with Crippen molar-refractivity contribution < 1.29 is 9.53 Å². The van der Waals surface area contributed by atoms with Crippen molar-refractivity contribution in [2.75, 3.05) is 20.2 Å². The quantitative estimate of drug-likeness (QED) is 0.861. The maximum absolute atomic E-state index is 12.1. The number of carbonyl (C=O) groups excluding carboxylic acids is 1. The molecule has 1 aliphatic heterocycles. The van der Waals surface area contributed by atoms with Crippen molar-refractivity contribution in [2.45, 2.75) is 32.2 Å². The van der Waals surface area contributed by atoms with Crippen molar-refractivity contribution in [3.63, 3.8) is 0 Å². The number of methoxy groups -OCH3 is 1. The number of rotatable bonds is 5. The van der Waals surface area contributed by atoms with Crippen LogP contribution < -0.4 is 15.4 Å². The molecule has 1 amide bonds. The Hall–Kier alpha value is -1.55. The normalized spacial score (nSPS) is 22.3. The van der Waals surface area contributed by atoms with E-state index in [0.717, 1.165) is 37.1 Å². The van der Waals surface area contributed by atoms with Gasteiger partial charge in [0.2, 0.25) is 5.91 Å². The molecular formula is C16H24N2O2. The lowest BCUT2D eigenvalue weighted by Crippen LogP contribution is -2.48. The van der Waals surface area contributed by atoms with E-state index in [1.54, 1.807) is 7.11 Å². The molecule has 0 radical (unpaired) electrons. The maximum Gasteiger partial charge on any atom is 0.237 e. The van der Waals surface area contributed by atoms with Crippen molar-refractivity contribution >= 4 is 5.91 Å². The molecule has 2 atom stereocenters. The molecule has 0 aromatic heterocycles. The highest BCUT2D eigenvalue weighted by Crippen LogP contribution is 2.17. The molecule has 0 saturated carbocycles. The van der Waals surface area contributed by atoms with Gasteiger partial charge >= 0.3 is 0 Å². The molecule has 1 aromatic carbocycles. The predicted octanol–water partition coefficient (Wildman–Crippen LogP) is 1.74. The van der Waals surface area contributed by atoms with Gasteiger partial charge in [0.1, 0.15) is 5.75 Å². The van der Waals surface area contributed by atoms with Gasteiger partial charge in [-0.25, -0.2) is 0 Å². The highest BCUT2D eigenvalue weighted by atomic mass is 16.5. The van der Waals surface area contributed by atoms with Crippen LogP contribution in [-0.2, 0) is 11.2 Å². The second-order valence-electron chi connectivity index (χ2n) is 5.49. The van der Waals surface area contributed by atoms with Gasteiger partial charge in [0.05, 0.1) is 13.2 Å². The number of para-hydroxylation sites is 1. The van der Waals surface area contributed by atoms with E-state index in [9.17, 15) is 4.79 Å². The summed E-state index contributed by atoms with van der Waals surface area (Å²) in [6.07, 6.45) is 2.88. The summed E-state index contributed by atoms with van der Waals surface area (Å²) in [5, 5.41) is 6.30. The lowest BCUT2D eigenvalue weighted by atomic mass is 9.94. The number of benzene rings is 1. The second-order valence-corrected chi connectivity index (χ2v) is 5.49. The summed E-state index contributed by atoms with van der Waals surface area (Å²) in [7, 11) is 1.67. The van der Waals surface area contributed by atoms with Gasteiger partial charge in [0.25, 0.3) is 0 Å². The summed E-state index contributed by atoms with van der Waals surface area (Å²) in [5.74, 6) is 1.62. The summed E-state index contributed by atoms with van der Waals surface area (Å²) in [5.41, 5.74) is 1.13. The van der Waals surface area contributed by atoms with Crippen LogP contribution in [0.5, 0.6) is 5.75 Å². The monoisotopic (exact) mass is 276 g/mol. The van der Waals surface area contributed by atoms with E-state index >= 15 is 0 Å². The summed E-state index contributed by atoms with van der Waals surface area (Å²) in [4.78, 5) is 12.1. The van der Waals surface area contributed by atoms with E-state index in [2.05, 4.69) is 17.6 Å². The standard InChI is InChI=1S/C16H24N2O2/c1-12-7-9-17-14(11-12)16(19)18-10-8-13-5-3-4-6-15(13)20-2/h3-6,12,14,17H,7-11H2,1-2H3,(H,18,19). The number of nitrogens with one attached hydrogen (secondary N) is 2. The minimum Gasteiger partial charge on any atom is -0.496 e. The van der Waals surface area contributed by atoms with E-state index in [0.29, 0.717) is 12.5 Å². The van der Waals surface area contributed by atoms with Gasteiger partial charge in [-0.15, -0.1) is 0 Å². The van der Waals surface area contributed by atoms with Crippen molar-refractivity contribution in [3.05, 3.63) is 29.8 Å². The molecule has 2 rings (SSSR count). The molecule has 20 heavy (non-hydrogen) atoms. The molecule has 0 aliphatic carbocycles. The number of hydrogen-bond acceptors (Lipinski definition) is 3. The number of hydrogen-bond donors (Lipinski definition) is 2. The number of amides is 1. The Labute approximate surface area is 120 Å². The average molecular weight is 276 g/mol. The first-order valence-electron chi connectivity index (χ1n) is 7.33. The molecule has 0 bridgehead atoms. The predicted molar refractivity (Wildman–Crippen MR) is 79.9 cm³/mol. The molecule has 110 valence electrons. The van der Waals surface area contributed by atoms with Gasteiger partial charge in [0, 0.05) is 6.54 Å². The third-order valence-corrected chi connectivity index (χ3v) is 3.87. The number of piperidine rings is 1. The molecule has 1 aromatic rings. The highest BCUT2D eigenvalue weighted by Gasteiger charge is 2.23. The minimum atomic E-state index is -0.0311. The van der Waals surface area contributed by atoms with Crippen molar-refractivity contribution in [2.24, 2.45) is 5.92 Å². The molecule has 2 unspecified atom stereocenters. The van der Waals surface area contributed by atoms with E-state index < -0.39 is 0 Å². The average Bonchev–Trinajstić information content (AvgIpc) is 2.47. The SMILES string of the molecule is COc1ccccc1CCNC(=O)C1CC(C)CCN1. The molecule has 2 N–H and O–H groups in total. The van der Waals surface area contributed by atoms with Crippen LogP contribution in [0.15, 0.2) is 24.3 Å².